The molecular weight excluding hydrogens is 444 g/mol. The predicted molar refractivity (Wildman–Crippen MR) is 124 cm³/mol. The number of nitrogens with zero attached hydrogens (tertiary/aromatic N) is 2. The Balaban J connectivity index is 1.79. The SMILES string of the molecule is O=C1C(=O)N(CCc2ccccc2)[C@@H](c2ccc([N+](=O)[O-])cc2)C1=C(O)c1ccc(Cl)cc1. The Labute approximate surface area is 194 Å². The molecule has 1 N–H and O–H groups in total. The molecule has 3 aromatic rings. The number of halogens is 1. The zero-order chi connectivity index (χ0) is 23.5. The summed E-state index contributed by atoms with van der Waals surface area (Å²) in [5, 5.41) is 22.5. The number of rotatable bonds is 6. The normalized spacial score (nSPS) is 17.4. The molecule has 1 aliphatic heterocycles. The van der Waals surface area contributed by atoms with E-state index in [1.54, 1.807) is 24.3 Å². The van der Waals surface area contributed by atoms with Crippen LogP contribution in [-0.4, -0.2) is 33.2 Å². The van der Waals surface area contributed by atoms with E-state index in [1.807, 2.05) is 30.3 Å². The average Bonchev–Trinajstić information content (AvgIpc) is 3.08. The molecule has 33 heavy (non-hydrogen) atoms. The van der Waals surface area contributed by atoms with Gasteiger partial charge in [0.15, 0.2) is 0 Å². The molecule has 0 bridgehead atoms. The van der Waals surface area contributed by atoms with Crippen molar-refractivity contribution in [3.8, 4) is 0 Å². The zero-order valence-electron chi connectivity index (χ0n) is 17.3. The Kier molecular flexibility index (Phi) is 6.24. The van der Waals surface area contributed by atoms with Crippen LogP contribution in [0.4, 0.5) is 5.69 Å². The van der Waals surface area contributed by atoms with Crippen LogP contribution in [0.25, 0.3) is 5.76 Å². The minimum atomic E-state index is -0.884. The van der Waals surface area contributed by atoms with Crippen LogP contribution in [0.1, 0.15) is 22.7 Å². The van der Waals surface area contributed by atoms with E-state index in [9.17, 15) is 24.8 Å². The number of Topliss-reactive ketones (excluding diaryl/α,β-unsaturated/α-hetero) is 1. The highest BCUT2D eigenvalue weighted by Crippen LogP contribution is 2.40. The van der Waals surface area contributed by atoms with Gasteiger partial charge in [0, 0.05) is 29.3 Å². The molecule has 0 unspecified atom stereocenters. The van der Waals surface area contributed by atoms with E-state index in [0.29, 0.717) is 22.6 Å². The maximum absolute atomic E-state index is 13.0. The fourth-order valence-corrected chi connectivity index (χ4v) is 4.02. The first-order valence-corrected chi connectivity index (χ1v) is 10.6. The van der Waals surface area contributed by atoms with Crippen molar-refractivity contribution >= 4 is 34.7 Å². The third-order valence-electron chi connectivity index (χ3n) is 5.56. The van der Waals surface area contributed by atoms with Gasteiger partial charge >= 0.3 is 0 Å². The lowest BCUT2D eigenvalue weighted by Gasteiger charge is -2.25. The van der Waals surface area contributed by atoms with Gasteiger partial charge in [-0.25, -0.2) is 0 Å². The molecule has 0 saturated carbocycles. The summed E-state index contributed by atoms with van der Waals surface area (Å²) in [7, 11) is 0. The van der Waals surface area contributed by atoms with E-state index in [1.165, 1.54) is 29.2 Å². The molecule has 1 saturated heterocycles. The largest absolute Gasteiger partial charge is 0.507 e. The van der Waals surface area contributed by atoms with E-state index in [2.05, 4.69) is 0 Å². The summed E-state index contributed by atoms with van der Waals surface area (Å²) in [6.07, 6.45) is 0.498. The van der Waals surface area contributed by atoms with Crippen molar-refractivity contribution in [1.82, 2.24) is 4.90 Å². The van der Waals surface area contributed by atoms with Crippen molar-refractivity contribution in [1.29, 1.82) is 0 Å². The second-order valence-electron chi connectivity index (χ2n) is 7.58. The molecule has 8 heteroatoms. The molecule has 1 aliphatic rings. The first kappa shape index (κ1) is 22.2. The number of hydrogen-bond acceptors (Lipinski definition) is 5. The van der Waals surface area contributed by atoms with Crippen molar-refractivity contribution in [2.45, 2.75) is 12.5 Å². The molecule has 0 radical (unpaired) electrons. The van der Waals surface area contributed by atoms with Crippen LogP contribution in [0.15, 0.2) is 84.4 Å². The number of non-ortho nitro benzene ring substituents is 1. The molecule has 166 valence electrons. The number of ketones is 1. The van der Waals surface area contributed by atoms with Crippen molar-refractivity contribution in [3.63, 3.8) is 0 Å². The summed E-state index contributed by atoms with van der Waals surface area (Å²) >= 11 is 5.93. The second-order valence-corrected chi connectivity index (χ2v) is 8.02. The predicted octanol–water partition coefficient (Wildman–Crippen LogP) is 4.91. The lowest BCUT2D eigenvalue weighted by atomic mass is 9.95. The van der Waals surface area contributed by atoms with Crippen LogP contribution in [0, 0.1) is 10.1 Å². The molecule has 7 nitrogen and oxygen atoms in total. The van der Waals surface area contributed by atoms with Crippen molar-refractivity contribution in [2.24, 2.45) is 0 Å². The van der Waals surface area contributed by atoms with Crippen LogP contribution in [0.5, 0.6) is 0 Å². The minimum absolute atomic E-state index is 0.0655. The van der Waals surface area contributed by atoms with Gasteiger partial charge in [-0.15, -0.1) is 0 Å². The van der Waals surface area contributed by atoms with Crippen LogP contribution in [-0.2, 0) is 16.0 Å². The van der Waals surface area contributed by atoms with Gasteiger partial charge in [0.2, 0.25) is 0 Å². The smallest absolute Gasteiger partial charge is 0.295 e. The molecule has 0 aliphatic carbocycles. The van der Waals surface area contributed by atoms with Crippen molar-refractivity contribution < 1.29 is 19.6 Å². The third kappa shape index (κ3) is 4.49. The Morgan fingerprint density at radius 1 is 0.970 bits per heavy atom. The maximum atomic E-state index is 13.0. The lowest BCUT2D eigenvalue weighted by molar-refractivity contribution is -0.384. The van der Waals surface area contributed by atoms with E-state index in [-0.39, 0.29) is 23.6 Å². The molecule has 1 amide bonds. The Bertz CT molecular complexity index is 1240. The minimum Gasteiger partial charge on any atom is -0.507 e. The van der Waals surface area contributed by atoms with Gasteiger partial charge < -0.3 is 10.0 Å². The van der Waals surface area contributed by atoms with Crippen LogP contribution < -0.4 is 0 Å². The Hall–Kier alpha value is -3.97. The summed E-state index contributed by atoms with van der Waals surface area (Å²) in [6.45, 7) is 0.230. The standard InChI is InChI=1S/C25H19ClN2O5/c26-19-10-6-18(7-11-19)23(29)21-22(17-8-12-20(13-9-17)28(32)33)27(25(31)24(21)30)15-14-16-4-2-1-3-5-16/h1-13,22,29H,14-15H2/t22-/m0/s1. The van der Waals surface area contributed by atoms with Gasteiger partial charge in [-0.05, 0) is 53.9 Å². The van der Waals surface area contributed by atoms with E-state index in [0.717, 1.165) is 5.56 Å². The first-order chi connectivity index (χ1) is 15.9. The van der Waals surface area contributed by atoms with E-state index >= 15 is 0 Å². The topological polar surface area (TPSA) is 101 Å². The number of aliphatic hydroxyl groups is 1. The number of likely N-dealkylation sites (tertiary alicyclic amines) is 1. The van der Waals surface area contributed by atoms with Gasteiger partial charge in [-0.3, -0.25) is 19.7 Å². The third-order valence-corrected chi connectivity index (χ3v) is 5.81. The van der Waals surface area contributed by atoms with Crippen molar-refractivity contribution in [2.75, 3.05) is 6.54 Å². The van der Waals surface area contributed by atoms with Crippen LogP contribution in [0.2, 0.25) is 5.02 Å². The number of amides is 1. The fraction of sp³-hybridized carbons (Fsp3) is 0.120. The summed E-state index contributed by atoms with van der Waals surface area (Å²) in [4.78, 5) is 38.0. The first-order valence-electron chi connectivity index (χ1n) is 10.2. The highest BCUT2D eigenvalue weighted by Gasteiger charge is 2.45. The van der Waals surface area contributed by atoms with Crippen LogP contribution >= 0.6 is 11.6 Å². The van der Waals surface area contributed by atoms with Gasteiger partial charge in [-0.2, -0.15) is 0 Å². The number of carbonyl (C=O) groups is 2. The molecule has 0 aromatic heterocycles. The van der Waals surface area contributed by atoms with Gasteiger partial charge in [0.25, 0.3) is 17.4 Å². The molecule has 1 heterocycles. The second kappa shape index (κ2) is 9.26. The number of nitro groups is 1. The highest BCUT2D eigenvalue weighted by atomic mass is 35.5. The monoisotopic (exact) mass is 462 g/mol. The Morgan fingerprint density at radius 2 is 1.61 bits per heavy atom. The summed E-state index contributed by atoms with van der Waals surface area (Å²) < 4.78 is 0. The van der Waals surface area contributed by atoms with E-state index < -0.39 is 22.7 Å². The highest BCUT2D eigenvalue weighted by molar-refractivity contribution is 6.46. The Morgan fingerprint density at radius 3 is 2.21 bits per heavy atom. The molecule has 3 aromatic carbocycles. The van der Waals surface area contributed by atoms with Gasteiger partial charge in [0.05, 0.1) is 16.5 Å². The average molecular weight is 463 g/mol. The number of aliphatic hydroxyl groups excluding tert-OH is 1. The fourth-order valence-electron chi connectivity index (χ4n) is 3.89. The lowest BCUT2D eigenvalue weighted by Crippen LogP contribution is -2.31. The number of nitro benzene ring substituents is 1. The number of benzene rings is 3. The molecule has 0 spiro atoms. The number of carbonyl (C=O) groups excluding carboxylic acids is 2. The van der Waals surface area contributed by atoms with E-state index in [4.69, 9.17) is 11.6 Å². The maximum Gasteiger partial charge on any atom is 0.295 e. The molecular formula is C25H19ClN2O5. The quantitative estimate of drug-likeness (QED) is 0.184. The zero-order valence-corrected chi connectivity index (χ0v) is 18.1. The number of hydrogen-bond donors (Lipinski definition) is 1. The summed E-state index contributed by atoms with van der Waals surface area (Å²) in [6, 6.07) is 20.5. The molecule has 1 atom stereocenters. The van der Waals surface area contributed by atoms with Gasteiger partial charge in [-0.1, -0.05) is 41.9 Å². The summed E-state index contributed by atoms with van der Waals surface area (Å²) in [5.74, 6) is -1.86. The van der Waals surface area contributed by atoms with Crippen LogP contribution in [0.3, 0.4) is 0 Å². The van der Waals surface area contributed by atoms with Crippen molar-refractivity contribution in [3.05, 3.63) is 116 Å². The summed E-state index contributed by atoms with van der Waals surface area (Å²) in [5.41, 5.74) is 1.64. The molecule has 4 rings (SSSR count). The molecule has 1 fully saturated rings. The van der Waals surface area contributed by atoms with Gasteiger partial charge in [0.1, 0.15) is 5.76 Å².